The fraction of sp³-hybridized carbons (Fsp3) is 0.302. The van der Waals surface area contributed by atoms with E-state index in [-0.39, 0.29) is 37.2 Å². The number of phenols is 1. The molecule has 5 aliphatic rings. The van der Waals surface area contributed by atoms with Gasteiger partial charge < -0.3 is 24.1 Å². The number of aromatic hydroxyl groups is 1. The lowest BCUT2D eigenvalue weighted by molar-refractivity contribution is -0.105. The smallest absolute Gasteiger partial charge is 0.199 e. The van der Waals surface area contributed by atoms with Crippen LogP contribution in [0.5, 0.6) is 23.0 Å². The van der Waals surface area contributed by atoms with E-state index in [0.717, 1.165) is 115 Å². The molecule has 0 bridgehead atoms. The molecule has 3 fully saturated rings. The molecule has 3 atom stereocenters. The molecule has 0 aromatic heterocycles. The van der Waals surface area contributed by atoms with E-state index in [1.54, 1.807) is 18.2 Å². The molecule has 0 saturated carbocycles. The molecule has 0 radical (unpaired) electrons. The highest BCUT2D eigenvalue weighted by molar-refractivity contribution is 5.96. The van der Waals surface area contributed by atoms with Crippen molar-refractivity contribution in [1.29, 1.82) is 0 Å². The standard InChI is InChI=1S/C34H34F3NO3.C29H26F3NO2/c1-22-30-12-11-29(40-32-6-2-3-14-39-32)18-31(30)41-34(33(22)26-15-27(36)17-28(37)16-26)25-9-7-23(8-10-25)5-4-13-38-20-24(19-35)21-38;1-18-26-9-8-25(34)14-27(26)35-29(28(18)22-11-23(31)13-24(32)12-22)21-6-4-19(5-7-21)3-2-10-33-16-20(15-30)17-33/h4-5,7-12,15-18,24,32,34H,2-3,6,13-14,19-21H2,1H3;2-9,11-14,20,29,34H,10,15-17H2,1H3/b5-4-;3-2-. The minimum atomic E-state index is -0.656. The van der Waals surface area contributed by atoms with Crippen molar-refractivity contribution >= 4 is 34.4 Å². The zero-order valence-corrected chi connectivity index (χ0v) is 42.5. The number of hydrogen-bond acceptors (Lipinski definition) is 7. The topological polar surface area (TPSA) is 63.6 Å². The second-order valence-corrected chi connectivity index (χ2v) is 20.3. The molecule has 394 valence electrons. The molecule has 6 aromatic carbocycles. The zero-order valence-electron chi connectivity index (χ0n) is 42.5. The van der Waals surface area contributed by atoms with Crippen molar-refractivity contribution in [3.05, 3.63) is 201 Å². The van der Waals surface area contributed by atoms with Gasteiger partial charge in [0.2, 0.25) is 0 Å². The van der Waals surface area contributed by atoms with Crippen molar-refractivity contribution < 1.29 is 50.4 Å². The first-order chi connectivity index (χ1) is 36.9. The van der Waals surface area contributed by atoms with Gasteiger partial charge in [0.15, 0.2) is 6.29 Å². The predicted molar refractivity (Wildman–Crippen MR) is 286 cm³/mol. The monoisotopic (exact) mass is 1040 g/mol. The van der Waals surface area contributed by atoms with Crippen molar-refractivity contribution in [3.63, 3.8) is 0 Å². The van der Waals surface area contributed by atoms with E-state index in [9.17, 15) is 31.4 Å². The van der Waals surface area contributed by atoms with Crippen LogP contribution in [0.2, 0.25) is 0 Å². The first-order valence-electron chi connectivity index (χ1n) is 25.9. The molecule has 0 aliphatic carbocycles. The first-order valence-corrected chi connectivity index (χ1v) is 25.9. The van der Waals surface area contributed by atoms with Gasteiger partial charge in [-0.3, -0.25) is 18.6 Å². The number of fused-ring (bicyclic) bond motifs is 2. The average molecular weight is 1040 g/mol. The van der Waals surface area contributed by atoms with Gasteiger partial charge in [-0.25, -0.2) is 17.6 Å². The summed E-state index contributed by atoms with van der Waals surface area (Å²) >= 11 is 0. The van der Waals surface area contributed by atoms with Crippen molar-refractivity contribution in [1.82, 2.24) is 9.80 Å². The molecule has 1 N–H and O–H groups in total. The normalized spacial score (nSPS) is 20.1. The van der Waals surface area contributed by atoms with Gasteiger partial charge in [-0.2, -0.15) is 0 Å². The highest BCUT2D eigenvalue weighted by Gasteiger charge is 2.33. The molecule has 11 rings (SSSR count). The number of rotatable bonds is 14. The quantitative estimate of drug-likeness (QED) is 0.109. The number of benzene rings is 6. The van der Waals surface area contributed by atoms with Crippen molar-refractivity contribution in [2.45, 2.75) is 51.6 Å². The van der Waals surface area contributed by atoms with E-state index in [2.05, 4.69) is 22.0 Å². The molecule has 6 aromatic rings. The Balaban J connectivity index is 0.000000175. The summed E-state index contributed by atoms with van der Waals surface area (Å²) in [7, 11) is 0. The SMILES string of the molecule is CC1=C(c2cc(F)cc(F)c2)C(c2ccc(/C=C\CN3CC(CF)C3)cc2)Oc2cc(O)ccc21.CC1=C(c2cc(F)cc(F)c2)C(c2ccc(/C=C\CN3CC(CF)C3)cc2)Oc2cc(OC3CCCCO3)ccc21. The van der Waals surface area contributed by atoms with Crippen LogP contribution in [-0.4, -0.2) is 80.4 Å². The minimum Gasteiger partial charge on any atom is -0.508 e. The fourth-order valence-corrected chi connectivity index (χ4v) is 10.6. The van der Waals surface area contributed by atoms with E-state index >= 15 is 0 Å². The van der Waals surface area contributed by atoms with Gasteiger partial charge in [-0.15, -0.1) is 0 Å². The highest BCUT2D eigenvalue weighted by atomic mass is 19.2. The maximum atomic E-state index is 14.3. The molecule has 13 heteroatoms. The Kier molecular flexibility index (Phi) is 16.2. The third kappa shape index (κ3) is 12.1. The van der Waals surface area contributed by atoms with Gasteiger partial charge in [0.05, 0.1) is 20.0 Å². The van der Waals surface area contributed by atoms with Crippen molar-refractivity contribution in [3.8, 4) is 23.0 Å². The predicted octanol–water partition coefficient (Wildman–Crippen LogP) is 14.5. The maximum absolute atomic E-state index is 14.3. The van der Waals surface area contributed by atoms with E-state index in [4.69, 9.17) is 18.9 Å². The Morgan fingerprint density at radius 1 is 0.566 bits per heavy atom. The molecular formula is C63H60F6N2O5. The summed E-state index contributed by atoms with van der Waals surface area (Å²) in [6, 6.07) is 33.4. The van der Waals surface area contributed by atoms with Gasteiger partial charge in [-0.1, -0.05) is 72.8 Å². The summed E-state index contributed by atoms with van der Waals surface area (Å²) in [6.45, 7) is 8.79. The molecule has 0 amide bonds. The highest BCUT2D eigenvalue weighted by Crippen LogP contribution is 2.49. The van der Waals surface area contributed by atoms with Crippen LogP contribution in [0.15, 0.2) is 133 Å². The molecule has 7 nitrogen and oxygen atoms in total. The van der Waals surface area contributed by atoms with Gasteiger partial charge in [0.25, 0.3) is 0 Å². The van der Waals surface area contributed by atoms with E-state index in [1.165, 1.54) is 24.3 Å². The molecule has 5 aliphatic heterocycles. The Labute approximate surface area is 440 Å². The number of ether oxygens (including phenoxy) is 4. The summed E-state index contributed by atoms with van der Waals surface area (Å²) in [5.74, 6) is -0.356. The lowest BCUT2D eigenvalue weighted by Gasteiger charge is -2.36. The zero-order chi connectivity index (χ0) is 52.9. The van der Waals surface area contributed by atoms with Crippen molar-refractivity contribution in [2.24, 2.45) is 11.8 Å². The third-order valence-corrected chi connectivity index (χ3v) is 14.6. The summed E-state index contributed by atoms with van der Waals surface area (Å²) in [4.78, 5) is 4.40. The second-order valence-electron chi connectivity index (χ2n) is 20.3. The van der Waals surface area contributed by atoms with Crippen LogP contribution in [-0.2, 0) is 4.74 Å². The Bertz CT molecular complexity index is 3120. The Hall–Kier alpha value is -7.06. The van der Waals surface area contributed by atoms with Crippen LogP contribution in [0.4, 0.5) is 26.3 Å². The molecule has 3 unspecified atom stereocenters. The number of nitrogens with zero attached hydrogens (tertiary/aromatic N) is 2. The largest absolute Gasteiger partial charge is 0.508 e. The average Bonchev–Trinajstić information content (AvgIpc) is 3.38. The van der Waals surface area contributed by atoms with E-state index in [1.807, 2.05) is 92.7 Å². The van der Waals surface area contributed by atoms with Gasteiger partial charge in [0.1, 0.15) is 58.5 Å². The summed E-state index contributed by atoms with van der Waals surface area (Å²) in [5, 5.41) is 9.97. The van der Waals surface area contributed by atoms with Crippen LogP contribution in [0.3, 0.4) is 0 Å². The minimum absolute atomic E-state index is 0.0797. The summed E-state index contributed by atoms with van der Waals surface area (Å²) in [6.07, 6.45) is 9.67. The molecule has 0 spiro atoms. The lowest BCUT2D eigenvalue weighted by atomic mass is 9.86. The molecule has 3 saturated heterocycles. The van der Waals surface area contributed by atoms with Gasteiger partial charge in [0, 0.05) is 104 Å². The van der Waals surface area contributed by atoms with Crippen LogP contribution < -0.4 is 14.2 Å². The number of alkyl halides is 2. The van der Waals surface area contributed by atoms with Crippen LogP contribution in [0.25, 0.3) is 34.4 Å². The number of hydrogen-bond donors (Lipinski definition) is 1. The number of halogens is 6. The van der Waals surface area contributed by atoms with Crippen molar-refractivity contribution in [2.75, 3.05) is 59.2 Å². The lowest BCUT2D eigenvalue weighted by Crippen LogP contribution is -2.47. The summed E-state index contributed by atoms with van der Waals surface area (Å²) < 4.78 is 107. The molecular weight excluding hydrogens is 979 g/mol. The number of phenolic OH excluding ortho intramolecular Hbond substituents is 1. The van der Waals surface area contributed by atoms with E-state index < -0.39 is 35.5 Å². The first kappa shape index (κ1) is 52.4. The summed E-state index contributed by atoms with van der Waals surface area (Å²) in [5.41, 5.74) is 9.26. The van der Waals surface area contributed by atoms with Crippen LogP contribution >= 0.6 is 0 Å². The van der Waals surface area contributed by atoms with Gasteiger partial charge in [-0.05, 0) is 120 Å². The fourth-order valence-electron chi connectivity index (χ4n) is 10.6. The molecule has 5 heterocycles. The van der Waals surface area contributed by atoms with Crippen LogP contribution in [0.1, 0.15) is 89.8 Å². The molecule has 76 heavy (non-hydrogen) atoms. The Morgan fingerprint density at radius 2 is 1.03 bits per heavy atom. The van der Waals surface area contributed by atoms with E-state index in [0.29, 0.717) is 46.1 Å². The maximum Gasteiger partial charge on any atom is 0.199 e. The number of allylic oxidation sites excluding steroid dienone is 2. The van der Waals surface area contributed by atoms with Crippen LogP contribution in [0, 0.1) is 35.1 Å². The third-order valence-electron chi connectivity index (χ3n) is 14.6. The second kappa shape index (κ2) is 23.5. The number of likely N-dealkylation sites (tertiary alicyclic amines) is 2. The Morgan fingerprint density at radius 3 is 1.47 bits per heavy atom. The van der Waals surface area contributed by atoms with Gasteiger partial charge >= 0.3 is 0 Å².